The Morgan fingerprint density at radius 1 is 1.13 bits per heavy atom. The van der Waals surface area contributed by atoms with Crippen LogP contribution in [0.5, 0.6) is 0 Å². The second-order valence-corrected chi connectivity index (χ2v) is 12.3. The molecule has 6 nitrogen and oxygen atoms in total. The van der Waals surface area contributed by atoms with Crippen LogP contribution in [0.15, 0.2) is 30.5 Å². The lowest BCUT2D eigenvalue weighted by Gasteiger charge is -2.35. The van der Waals surface area contributed by atoms with Gasteiger partial charge in [-0.25, -0.2) is 4.98 Å². The van der Waals surface area contributed by atoms with Gasteiger partial charge in [0, 0.05) is 37.7 Å². The minimum absolute atomic E-state index is 0.0152. The van der Waals surface area contributed by atoms with Crippen LogP contribution in [0.3, 0.4) is 0 Å². The van der Waals surface area contributed by atoms with Crippen molar-refractivity contribution in [3.05, 3.63) is 51.5 Å². The number of Topliss-reactive ketones (excluding diaryl/α,β-unsaturated/α-hetero) is 1. The molecular formula is C28H35F3N2O4S. The number of thiazole rings is 1. The van der Waals surface area contributed by atoms with Crippen molar-refractivity contribution in [1.29, 1.82) is 0 Å². The highest BCUT2D eigenvalue weighted by Gasteiger charge is 2.39. The van der Waals surface area contributed by atoms with Crippen molar-refractivity contribution in [3.63, 3.8) is 0 Å². The Balaban J connectivity index is 1.22. The van der Waals surface area contributed by atoms with Gasteiger partial charge in [-0.05, 0) is 76.3 Å². The van der Waals surface area contributed by atoms with Crippen LogP contribution in [0.4, 0.5) is 13.2 Å². The molecule has 38 heavy (non-hydrogen) atoms. The molecule has 1 aromatic carbocycles. The van der Waals surface area contributed by atoms with Gasteiger partial charge in [0.2, 0.25) is 5.91 Å². The highest BCUT2D eigenvalue weighted by molar-refractivity contribution is 7.11. The van der Waals surface area contributed by atoms with E-state index >= 15 is 0 Å². The molecule has 1 aliphatic heterocycles. The molecule has 1 atom stereocenters. The molecule has 2 aromatic rings. The number of likely N-dealkylation sites (tertiary alicyclic amines) is 1. The summed E-state index contributed by atoms with van der Waals surface area (Å²) in [5.74, 6) is 0.199. The van der Waals surface area contributed by atoms with Crippen molar-refractivity contribution in [2.45, 2.75) is 82.6 Å². The second kappa shape index (κ2) is 11.1. The monoisotopic (exact) mass is 552 g/mol. The second-order valence-electron chi connectivity index (χ2n) is 11.3. The van der Waals surface area contributed by atoms with Crippen molar-refractivity contribution in [2.75, 3.05) is 13.1 Å². The van der Waals surface area contributed by atoms with Crippen LogP contribution >= 0.6 is 11.3 Å². The van der Waals surface area contributed by atoms with Gasteiger partial charge >= 0.3 is 6.18 Å². The van der Waals surface area contributed by atoms with Crippen molar-refractivity contribution in [2.24, 2.45) is 11.8 Å². The number of benzene rings is 1. The van der Waals surface area contributed by atoms with Crippen LogP contribution in [-0.4, -0.2) is 44.9 Å². The lowest BCUT2D eigenvalue weighted by molar-refractivity contribution is -0.137. The first-order valence-corrected chi connectivity index (χ1v) is 14.0. The van der Waals surface area contributed by atoms with E-state index in [9.17, 15) is 33.0 Å². The third-order valence-electron chi connectivity index (χ3n) is 7.82. The molecule has 1 saturated carbocycles. The van der Waals surface area contributed by atoms with Crippen molar-refractivity contribution in [1.82, 2.24) is 9.88 Å². The van der Waals surface area contributed by atoms with E-state index in [0.717, 1.165) is 42.7 Å². The number of carbonyl (C=O) groups excluding carboxylic acids is 2. The molecule has 1 saturated heterocycles. The lowest BCUT2D eigenvalue weighted by atomic mass is 9.75. The zero-order chi connectivity index (χ0) is 27.7. The van der Waals surface area contributed by atoms with Crippen molar-refractivity contribution < 1.29 is 33.0 Å². The first-order valence-electron chi connectivity index (χ1n) is 13.1. The van der Waals surface area contributed by atoms with E-state index in [0.29, 0.717) is 42.8 Å². The Bertz CT molecular complexity index is 1150. The third-order valence-corrected chi connectivity index (χ3v) is 9.33. The molecule has 2 heterocycles. The number of alkyl halides is 3. The normalized spacial score (nSPS) is 24.6. The zero-order valence-corrected chi connectivity index (χ0v) is 22.6. The summed E-state index contributed by atoms with van der Waals surface area (Å²) in [7, 11) is 0. The molecule has 10 heteroatoms. The predicted molar refractivity (Wildman–Crippen MR) is 138 cm³/mol. The van der Waals surface area contributed by atoms with E-state index in [-0.39, 0.29) is 24.3 Å². The van der Waals surface area contributed by atoms with Gasteiger partial charge < -0.3 is 15.1 Å². The van der Waals surface area contributed by atoms with Gasteiger partial charge in [0.1, 0.15) is 10.6 Å². The summed E-state index contributed by atoms with van der Waals surface area (Å²) in [6, 6.07) is 4.32. The van der Waals surface area contributed by atoms with Gasteiger partial charge in [-0.3, -0.25) is 9.59 Å². The number of carbonyl (C=O) groups is 2. The third kappa shape index (κ3) is 6.82. The summed E-state index contributed by atoms with van der Waals surface area (Å²) >= 11 is 1.36. The number of halogens is 3. The van der Waals surface area contributed by atoms with Gasteiger partial charge in [-0.2, -0.15) is 13.2 Å². The van der Waals surface area contributed by atoms with Gasteiger partial charge in [-0.15, -0.1) is 11.3 Å². The number of hydrogen-bond donors (Lipinski definition) is 2. The maximum Gasteiger partial charge on any atom is 0.416 e. The molecule has 1 aliphatic carbocycles. The summed E-state index contributed by atoms with van der Waals surface area (Å²) in [5.41, 5.74) is -2.85. The molecule has 0 radical (unpaired) electrons. The number of aromatic nitrogens is 1. The fourth-order valence-corrected chi connectivity index (χ4v) is 6.55. The van der Waals surface area contributed by atoms with E-state index in [4.69, 9.17) is 0 Å². The Morgan fingerprint density at radius 3 is 2.47 bits per heavy atom. The maximum atomic E-state index is 12.9. The standard InChI is InChI=1S/C28H35F3N2O4S/c1-26(2,36)23-16-32-25(38-23)27(37)11-8-18(9-12-27)14-19-10-13-33(17-19)24(35)7-6-22(34)20-4-3-5-21(15-20)28(29,30)31/h3-5,15-16,18-19,36-37H,6-14,17H2,1-2H3/t18?,19-,27?/m1/s1. The topological polar surface area (TPSA) is 90.7 Å². The van der Waals surface area contributed by atoms with E-state index in [2.05, 4.69) is 4.98 Å². The highest BCUT2D eigenvalue weighted by Crippen LogP contribution is 2.44. The summed E-state index contributed by atoms with van der Waals surface area (Å²) in [6.07, 6.45) is 1.80. The molecule has 2 aliphatic rings. The fraction of sp³-hybridized carbons (Fsp3) is 0.607. The molecule has 2 fully saturated rings. The number of hydrogen-bond acceptors (Lipinski definition) is 6. The SMILES string of the molecule is CC(C)(O)c1cnc(C2(O)CCC(C[C@H]3CCN(C(=O)CCC(=O)c4cccc(C(F)(F)F)c4)C3)CC2)s1. The Hall–Kier alpha value is -2.30. The molecule has 4 rings (SSSR count). The minimum atomic E-state index is -4.52. The number of nitrogens with zero attached hydrogens (tertiary/aromatic N) is 2. The van der Waals surface area contributed by atoms with Crippen LogP contribution in [0, 0.1) is 11.8 Å². The molecule has 1 aromatic heterocycles. The Morgan fingerprint density at radius 2 is 1.84 bits per heavy atom. The predicted octanol–water partition coefficient (Wildman–Crippen LogP) is 5.67. The van der Waals surface area contributed by atoms with Gasteiger partial charge in [0.15, 0.2) is 5.78 Å². The summed E-state index contributed by atoms with van der Waals surface area (Å²) in [6.45, 7) is 4.65. The van der Waals surface area contributed by atoms with Gasteiger partial charge in [0.25, 0.3) is 0 Å². The quantitative estimate of drug-likeness (QED) is 0.412. The van der Waals surface area contributed by atoms with E-state index < -0.39 is 28.7 Å². The Kier molecular flexibility index (Phi) is 8.35. The fourth-order valence-electron chi connectivity index (χ4n) is 5.49. The lowest BCUT2D eigenvalue weighted by Crippen LogP contribution is -2.32. The number of rotatable bonds is 8. The van der Waals surface area contributed by atoms with E-state index in [1.165, 1.54) is 23.5 Å². The largest absolute Gasteiger partial charge is 0.416 e. The molecule has 0 unspecified atom stereocenters. The highest BCUT2D eigenvalue weighted by atomic mass is 32.1. The molecule has 208 valence electrons. The molecular weight excluding hydrogens is 517 g/mol. The van der Waals surface area contributed by atoms with Crippen molar-refractivity contribution in [3.8, 4) is 0 Å². The number of aliphatic hydroxyl groups is 2. The smallest absolute Gasteiger partial charge is 0.385 e. The summed E-state index contributed by atoms with van der Waals surface area (Å²) in [5, 5.41) is 22.0. The minimum Gasteiger partial charge on any atom is -0.385 e. The maximum absolute atomic E-state index is 12.9. The van der Waals surface area contributed by atoms with E-state index in [1.54, 1.807) is 24.9 Å². The molecule has 0 bridgehead atoms. The molecule has 1 amide bonds. The van der Waals surface area contributed by atoms with Gasteiger partial charge in [0.05, 0.1) is 16.0 Å². The zero-order valence-electron chi connectivity index (χ0n) is 21.8. The first-order chi connectivity index (χ1) is 17.7. The average molecular weight is 553 g/mol. The Labute approximate surface area is 224 Å². The summed E-state index contributed by atoms with van der Waals surface area (Å²) < 4.78 is 38.7. The van der Waals surface area contributed by atoms with Crippen LogP contribution in [0.1, 0.15) is 91.0 Å². The number of amides is 1. The van der Waals surface area contributed by atoms with Crippen LogP contribution in [0.2, 0.25) is 0 Å². The van der Waals surface area contributed by atoms with Crippen molar-refractivity contribution >= 4 is 23.0 Å². The number of ketones is 1. The summed E-state index contributed by atoms with van der Waals surface area (Å²) in [4.78, 5) is 32.0. The van der Waals surface area contributed by atoms with Crippen LogP contribution in [0.25, 0.3) is 0 Å². The van der Waals surface area contributed by atoms with E-state index in [1.807, 2.05) is 0 Å². The average Bonchev–Trinajstić information content (AvgIpc) is 3.54. The van der Waals surface area contributed by atoms with Crippen LogP contribution < -0.4 is 0 Å². The van der Waals surface area contributed by atoms with Crippen LogP contribution in [-0.2, 0) is 22.2 Å². The van der Waals surface area contributed by atoms with Gasteiger partial charge in [-0.1, -0.05) is 12.1 Å². The molecule has 2 N–H and O–H groups in total. The first kappa shape index (κ1) is 28.7. The molecule has 0 spiro atoms.